The molecular formula is C17H20FN5O3. The van der Waals surface area contributed by atoms with Crippen molar-refractivity contribution < 1.29 is 19.1 Å². The Balaban J connectivity index is 1.68. The molecule has 8 nitrogen and oxygen atoms in total. The molecule has 1 aromatic carbocycles. The summed E-state index contributed by atoms with van der Waals surface area (Å²) >= 11 is 0. The molecule has 3 rings (SSSR count). The minimum Gasteiger partial charge on any atom is -0.504 e. The van der Waals surface area contributed by atoms with E-state index in [1.54, 1.807) is 0 Å². The van der Waals surface area contributed by atoms with Crippen molar-refractivity contribution in [1.29, 1.82) is 0 Å². The molecule has 26 heavy (non-hydrogen) atoms. The van der Waals surface area contributed by atoms with Gasteiger partial charge in [-0.2, -0.15) is 5.10 Å². The maximum absolute atomic E-state index is 13.0. The van der Waals surface area contributed by atoms with Gasteiger partial charge in [-0.3, -0.25) is 14.5 Å². The molecule has 0 bridgehead atoms. The summed E-state index contributed by atoms with van der Waals surface area (Å²) < 4.78 is 14.3. The van der Waals surface area contributed by atoms with Gasteiger partial charge in [0.15, 0.2) is 11.4 Å². The van der Waals surface area contributed by atoms with Crippen molar-refractivity contribution in [2.45, 2.75) is 18.9 Å². The Morgan fingerprint density at radius 1 is 1.35 bits per heavy atom. The summed E-state index contributed by atoms with van der Waals surface area (Å²) in [6, 6.07) is 5.36. The second kappa shape index (κ2) is 7.52. The summed E-state index contributed by atoms with van der Waals surface area (Å²) in [6.07, 6.45) is 2.89. The van der Waals surface area contributed by atoms with Gasteiger partial charge in [0.1, 0.15) is 5.82 Å². The fourth-order valence-electron chi connectivity index (χ4n) is 3.04. The summed E-state index contributed by atoms with van der Waals surface area (Å²) in [5, 5.41) is 16.9. The molecule has 138 valence electrons. The monoisotopic (exact) mass is 361 g/mol. The lowest BCUT2D eigenvalue weighted by Crippen LogP contribution is -2.49. The van der Waals surface area contributed by atoms with E-state index in [9.17, 15) is 19.1 Å². The Hall–Kier alpha value is -2.94. The van der Waals surface area contributed by atoms with Crippen molar-refractivity contribution in [3.63, 3.8) is 0 Å². The number of benzene rings is 1. The molecule has 0 spiro atoms. The number of aromatic nitrogens is 2. The lowest BCUT2D eigenvalue weighted by Gasteiger charge is -2.32. The first kappa shape index (κ1) is 17.9. The average molecular weight is 361 g/mol. The number of likely N-dealkylation sites (tertiary alicyclic amines) is 1. The molecule has 0 aliphatic carbocycles. The molecule has 1 atom stereocenters. The van der Waals surface area contributed by atoms with Crippen LogP contribution >= 0.6 is 0 Å². The molecule has 2 heterocycles. The Bertz CT molecular complexity index is 805. The van der Waals surface area contributed by atoms with Crippen molar-refractivity contribution in [2.24, 2.45) is 5.73 Å². The van der Waals surface area contributed by atoms with E-state index in [-0.39, 0.29) is 29.8 Å². The third kappa shape index (κ3) is 4.17. The second-order valence-electron chi connectivity index (χ2n) is 6.30. The highest BCUT2D eigenvalue weighted by Crippen LogP contribution is 2.19. The summed E-state index contributed by atoms with van der Waals surface area (Å²) in [5.41, 5.74) is 5.62. The van der Waals surface area contributed by atoms with Gasteiger partial charge in [-0.05, 0) is 43.7 Å². The first-order valence-electron chi connectivity index (χ1n) is 8.28. The van der Waals surface area contributed by atoms with Crippen molar-refractivity contribution in [2.75, 3.05) is 19.6 Å². The smallest absolute Gasteiger partial charge is 0.275 e. The molecule has 1 aliphatic heterocycles. The summed E-state index contributed by atoms with van der Waals surface area (Å²) in [7, 11) is 0. The zero-order valence-corrected chi connectivity index (χ0v) is 14.1. The molecule has 2 amide bonds. The highest BCUT2D eigenvalue weighted by Gasteiger charge is 2.25. The van der Waals surface area contributed by atoms with Crippen molar-refractivity contribution in [1.82, 2.24) is 20.0 Å². The Labute approximate surface area is 149 Å². The fourth-order valence-corrected chi connectivity index (χ4v) is 3.04. The number of aromatic hydroxyl groups is 1. The normalized spacial score (nSPS) is 17.8. The molecule has 0 radical (unpaired) electrons. The molecule has 0 saturated carbocycles. The number of primary amides is 1. The van der Waals surface area contributed by atoms with E-state index in [0.29, 0.717) is 12.2 Å². The average Bonchev–Trinajstić information content (AvgIpc) is 2.97. The van der Waals surface area contributed by atoms with E-state index < -0.39 is 11.8 Å². The molecule has 1 fully saturated rings. The number of piperidine rings is 1. The van der Waals surface area contributed by atoms with Crippen LogP contribution in [-0.2, 0) is 4.79 Å². The molecule has 9 heteroatoms. The Kier molecular flexibility index (Phi) is 5.17. The molecule has 2 aromatic rings. The van der Waals surface area contributed by atoms with Crippen LogP contribution in [0, 0.1) is 5.82 Å². The predicted octanol–water partition coefficient (Wildman–Crippen LogP) is 0.397. The topological polar surface area (TPSA) is 113 Å². The van der Waals surface area contributed by atoms with Gasteiger partial charge in [0.05, 0.1) is 18.4 Å². The standard InChI is InChI=1S/C17H20FN5O3/c18-11-3-5-13(6-4-11)23-9-14(24)16(21-23)17(26)20-12-2-1-7-22(8-12)10-15(19)25/h3-6,9,12,24H,1-2,7-8,10H2,(H2,19,25)(H,20,26). The quantitative estimate of drug-likeness (QED) is 0.713. The van der Waals surface area contributed by atoms with Crippen molar-refractivity contribution in [3.8, 4) is 11.4 Å². The van der Waals surface area contributed by atoms with Gasteiger partial charge in [-0.15, -0.1) is 0 Å². The fraction of sp³-hybridized carbons (Fsp3) is 0.353. The van der Waals surface area contributed by atoms with Gasteiger partial charge < -0.3 is 16.2 Å². The van der Waals surface area contributed by atoms with Crippen LogP contribution in [0.25, 0.3) is 5.69 Å². The van der Waals surface area contributed by atoms with Crippen molar-refractivity contribution in [3.05, 3.63) is 42.0 Å². The first-order chi connectivity index (χ1) is 12.4. The van der Waals surface area contributed by atoms with Gasteiger partial charge in [-0.25, -0.2) is 9.07 Å². The zero-order valence-electron chi connectivity index (χ0n) is 14.1. The van der Waals surface area contributed by atoms with Gasteiger partial charge in [0, 0.05) is 12.6 Å². The number of nitrogens with zero attached hydrogens (tertiary/aromatic N) is 3. The zero-order chi connectivity index (χ0) is 18.7. The van der Waals surface area contributed by atoms with E-state index >= 15 is 0 Å². The van der Waals surface area contributed by atoms with Gasteiger partial charge in [0.25, 0.3) is 5.91 Å². The number of rotatable bonds is 5. The predicted molar refractivity (Wildman–Crippen MR) is 91.3 cm³/mol. The number of amides is 2. The van der Waals surface area contributed by atoms with E-state index in [1.807, 2.05) is 4.90 Å². The van der Waals surface area contributed by atoms with Crippen LogP contribution in [0.5, 0.6) is 5.75 Å². The highest BCUT2D eigenvalue weighted by atomic mass is 19.1. The van der Waals surface area contributed by atoms with Gasteiger partial charge in [0.2, 0.25) is 5.91 Å². The highest BCUT2D eigenvalue weighted by molar-refractivity contribution is 5.95. The number of halogens is 1. The minimum absolute atomic E-state index is 0.110. The number of carbonyl (C=O) groups excluding carboxylic acids is 2. The van der Waals surface area contributed by atoms with Crippen LogP contribution in [0.15, 0.2) is 30.5 Å². The second-order valence-corrected chi connectivity index (χ2v) is 6.30. The lowest BCUT2D eigenvalue weighted by atomic mass is 10.1. The summed E-state index contributed by atoms with van der Waals surface area (Å²) in [5.74, 6) is -1.57. The van der Waals surface area contributed by atoms with Gasteiger partial charge >= 0.3 is 0 Å². The van der Waals surface area contributed by atoms with E-state index in [0.717, 1.165) is 19.4 Å². The van der Waals surface area contributed by atoms with E-state index in [4.69, 9.17) is 5.73 Å². The van der Waals surface area contributed by atoms with E-state index in [2.05, 4.69) is 10.4 Å². The van der Waals surface area contributed by atoms with Crippen LogP contribution in [-0.4, -0.2) is 57.3 Å². The van der Waals surface area contributed by atoms with Crippen LogP contribution in [0.4, 0.5) is 4.39 Å². The van der Waals surface area contributed by atoms with Crippen molar-refractivity contribution >= 4 is 11.8 Å². The molecule has 1 unspecified atom stereocenters. The molecule has 1 saturated heterocycles. The number of nitrogens with two attached hydrogens (primary N) is 1. The maximum Gasteiger partial charge on any atom is 0.275 e. The molecule has 1 aliphatic rings. The maximum atomic E-state index is 13.0. The summed E-state index contributed by atoms with van der Waals surface area (Å²) in [6.45, 7) is 1.41. The first-order valence-corrected chi connectivity index (χ1v) is 8.28. The molecule has 1 aromatic heterocycles. The van der Waals surface area contributed by atoms with E-state index in [1.165, 1.54) is 35.1 Å². The minimum atomic E-state index is -0.505. The molecule has 4 N–H and O–H groups in total. The number of nitrogens with one attached hydrogen (secondary N) is 1. The van der Waals surface area contributed by atoms with Crippen LogP contribution in [0.3, 0.4) is 0 Å². The molecular weight excluding hydrogens is 341 g/mol. The SMILES string of the molecule is NC(=O)CN1CCCC(NC(=O)c2nn(-c3ccc(F)cc3)cc2O)C1. The Morgan fingerprint density at radius 3 is 2.77 bits per heavy atom. The third-order valence-corrected chi connectivity index (χ3v) is 4.22. The van der Waals surface area contributed by atoms with Crippen LogP contribution in [0.1, 0.15) is 23.3 Å². The summed E-state index contributed by atoms with van der Waals surface area (Å²) in [4.78, 5) is 25.4. The number of hydrogen-bond donors (Lipinski definition) is 3. The number of carbonyl (C=O) groups is 2. The van der Waals surface area contributed by atoms with Gasteiger partial charge in [-0.1, -0.05) is 0 Å². The lowest BCUT2D eigenvalue weighted by molar-refractivity contribution is -0.119. The van der Waals surface area contributed by atoms with Crippen LogP contribution < -0.4 is 11.1 Å². The van der Waals surface area contributed by atoms with Crippen LogP contribution in [0.2, 0.25) is 0 Å². The Morgan fingerprint density at radius 2 is 2.08 bits per heavy atom. The largest absolute Gasteiger partial charge is 0.504 e. The third-order valence-electron chi connectivity index (χ3n) is 4.22. The number of hydrogen-bond acceptors (Lipinski definition) is 5.